The van der Waals surface area contributed by atoms with Crippen molar-refractivity contribution in [1.29, 1.82) is 0 Å². The summed E-state index contributed by atoms with van der Waals surface area (Å²) >= 11 is 0. The van der Waals surface area contributed by atoms with Crippen molar-refractivity contribution in [3.05, 3.63) is 58.9 Å². The zero-order valence-corrected chi connectivity index (χ0v) is 34.7. The molecule has 61 heavy (non-hydrogen) atoms. The second-order valence-electron chi connectivity index (χ2n) is 14.9. The first-order chi connectivity index (χ1) is 29.7. The molecule has 0 saturated carbocycles. The Morgan fingerprint density at radius 1 is 0.803 bits per heavy atom. The van der Waals surface area contributed by atoms with Crippen molar-refractivity contribution in [2.75, 3.05) is 117 Å². The zero-order valence-electron chi connectivity index (χ0n) is 34.7. The first kappa shape index (κ1) is 45.7. The summed E-state index contributed by atoms with van der Waals surface area (Å²) in [6.45, 7) is 10.4. The Hall–Kier alpha value is -4.86. The third-order valence-corrected chi connectivity index (χ3v) is 10.8. The number of likely N-dealkylation sites (tertiary alicyclic amines) is 1. The molecule has 3 aliphatic heterocycles. The fraction of sp³-hybridized carbons (Fsp3) is 0.571. The molecule has 1 aromatic heterocycles. The van der Waals surface area contributed by atoms with E-state index in [9.17, 15) is 24.0 Å². The Morgan fingerprint density at radius 3 is 2.00 bits per heavy atom. The molecule has 2 atom stereocenters. The minimum absolute atomic E-state index is 0.0625. The van der Waals surface area contributed by atoms with E-state index in [2.05, 4.69) is 27.4 Å². The third kappa shape index (κ3) is 12.0. The molecule has 5 N–H and O–H groups in total. The van der Waals surface area contributed by atoms with Crippen LogP contribution in [-0.2, 0) is 48.3 Å². The van der Waals surface area contributed by atoms with Crippen LogP contribution >= 0.6 is 0 Å². The molecular formula is C42H57N7O12. The third-order valence-electron chi connectivity index (χ3n) is 10.8. The van der Waals surface area contributed by atoms with Crippen LogP contribution in [-0.4, -0.2) is 167 Å². The summed E-state index contributed by atoms with van der Waals surface area (Å²) in [5.74, 6) is -1.83. The molecule has 19 heteroatoms. The number of amides is 5. The fourth-order valence-corrected chi connectivity index (χ4v) is 7.65. The van der Waals surface area contributed by atoms with E-state index < -0.39 is 35.6 Å². The minimum atomic E-state index is -1.01. The van der Waals surface area contributed by atoms with Crippen LogP contribution in [0.4, 0.5) is 5.69 Å². The van der Waals surface area contributed by atoms with Crippen molar-refractivity contribution >= 4 is 46.3 Å². The Morgan fingerprint density at radius 2 is 1.39 bits per heavy atom. The molecule has 2 aromatic carbocycles. The number of nitrogens with two attached hydrogens (primary N) is 1. The second-order valence-corrected chi connectivity index (χ2v) is 14.9. The average Bonchev–Trinajstić information content (AvgIpc) is 3.93. The maximum Gasteiger partial charge on any atom is 0.264 e. The summed E-state index contributed by atoms with van der Waals surface area (Å²) < 4.78 is 39.3. The number of anilines is 1. The van der Waals surface area contributed by atoms with E-state index >= 15 is 0 Å². The number of benzene rings is 2. The second kappa shape index (κ2) is 22.8. The van der Waals surface area contributed by atoms with Gasteiger partial charge in [-0.05, 0) is 57.0 Å². The fourth-order valence-electron chi connectivity index (χ4n) is 7.65. The number of nitrogens with one attached hydrogen (secondary N) is 3. The number of primary amides is 1. The minimum Gasteiger partial charge on any atom is -0.382 e. The van der Waals surface area contributed by atoms with Gasteiger partial charge in [-0.15, -0.1) is 0 Å². The summed E-state index contributed by atoms with van der Waals surface area (Å²) in [7, 11) is 0. The number of piperidine rings is 1. The van der Waals surface area contributed by atoms with Gasteiger partial charge in [-0.1, -0.05) is 12.1 Å². The molecule has 0 radical (unpaired) electrons. The van der Waals surface area contributed by atoms with Gasteiger partial charge in [-0.2, -0.15) is 0 Å². The number of nitrogens with zero attached hydrogens (tertiary/aromatic N) is 3. The van der Waals surface area contributed by atoms with Gasteiger partial charge in [0.25, 0.3) is 17.7 Å². The van der Waals surface area contributed by atoms with E-state index in [0.717, 1.165) is 42.2 Å². The van der Waals surface area contributed by atoms with Gasteiger partial charge in [0.05, 0.1) is 120 Å². The van der Waals surface area contributed by atoms with Crippen molar-refractivity contribution in [2.24, 2.45) is 5.73 Å². The predicted molar refractivity (Wildman–Crippen MR) is 220 cm³/mol. The molecule has 2 saturated heterocycles. The van der Waals surface area contributed by atoms with Gasteiger partial charge in [0, 0.05) is 25.2 Å². The molecule has 19 nitrogen and oxygen atoms in total. The van der Waals surface area contributed by atoms with E-state index in [1.807, 2.05) is 12.1 Å². The van der Waals surface area contributed by atoms with Gasteiger partial charge in [0.15, 0.2) is 0 Å². The monoisotopic (exact) mass is 851 g/mol. The smallest absolute Gasteiger partial charge is 0.264 e. The van der Waals surface area contributed by atoms with E-state index in [1.54, 1.807) is 24.3 Å². The zero-order chi connectivity index (χ0) is 43.0. The van der Waals surface area contributed by atoms with Crippen LogP contribution < -0.4 is 16.4 Å². The van der Waals surface area contributed by atoms with Gasteiger partial charge < -0.3 is 49.2 Å². The SMILES string of the molecule is CC1(c2nc3c(C(N)=O)cccc3[nH]2)CCCN1CCOCCOCCOCCOCCOCCOCCOCCNc1cccc2c1C(=O)N(C1CCC(=O)NC1=O)C2=O. The molecule has 0 bridgehead atoms. The Balaban J connectivity index is 0.694. The quantitative estimate of drug-likeness (QED) is 0.0600. The maximum atomic E-state index is 13.2. The number of aromatic amines is 1. The van der Waals surface area contributed by atoms with Gasteiger partial charge in [-0.3, -0.25) is 39.1 Å². The summed E-state index contributed by atoms with van der Waals surface area (Å²) in [4.78, 5) is 73.4. The molecule has 6 rings (SSSR count). The number of imidazole rings is 1. The van der Waals surface area contributed by atoms with E-state index in [1.165, 1.54) is 0 Å². The molecule has 0 aliphatic carbocycles. The van der Waals surface area contributed by atoms with Crippen molar-refractivity contribution in [3.8, 4) is 0 Å². The number of aromatic nitrogens is 2. The number of fused-ring (bicyclic) bond motifs is 2. The Labute approximate surface area is 354 Å². The average molecular weight is 852 g/mol. The maximum absolute atomic E-state index is 13.2. The predicted octanol–water partition coefficient (Wildman–Crippen LogP) is 1.60. The first-order valence-electron chi connectivity index (χ1n) is 20.9. The number of rotatable bonds is 28. The Bertz CT molecular complexity index is 1980. The van der Waals surface area contributed by atoms with Gasteiger partial charge >= 0.3 is 0 Å². The summed E-state index contributed by atoms with van der Waals surface area (Å²) in [6.07, 6.45) is 2.16. The Kier molecular flexibility index (Phi) is 17.1. The highest BCUT2D eigenvalue weighted by Gasteiger charge is 2.45. The highest BCUT2D eigenvalue weighted by atomic mass is 16.6. The number of ether oxygens (including phenoxy) is 7. The van der Waals surface area contributed by atoms with Gasteiger partial charge in [0.1, 0.15) is 17.4 Å². The largest absolute Gasteiger partial charge is 0.382 e. The highest BCUT2D eigenvalue weighted by Crippen LogP contribution is 2.38. The van der Waals surface area contributed by atoms with Crippen molar-refractivity contribution < 1.29 is 57.1 Å². The van der Waals surface area contributed by atoms with Crippen LogP contribution in [0, 0.1) is 0 Å². The van der Waals surface area contributed by atoms with Crippen LogP contribution in [0.3, 0.4) is 0 Å². The molecule has 2 fully saturated rings. The number of imide groups is 2. The lowest BCUT2D eigenvalue weighted by Crippen LogP contribution is -2.54. The van der Waals surface area contributed by atoms with Crippen LogP contribution in [0.15, 0.2) is 36.4 Å². The highest BCUT2D eigenvalue weighted by molar-refractivity contribution is 6.25. The lowest BCUT2D eigenvalue weighted by Gasteiger charge is -2.33. The molecule has 4 heterocycles. The number of hydrogen-bond acceptors (Lipinski definition) is 15. The number of H-pyrrole nitrogens is 1. The van der Waals surface area contributed by atoms with E-state index in [4.69, 9.17) is 43.9 Å². The molecule has 2 unspecified atom stereocenters. The van der Waals surface area contributed by atoms with Crippen molar-refractivity contribution in [3.63, 3.8) is 0 Å². The number of carbonyl (C=O) groups is 5. The molecule has 3 aromatic rings. The number of para-hydroxylation sites is 1. The molecular weight excluding hydrogens is 794 g/mol. The number of carbonyl (C=O) groups excluding carboxylic acids is 5. The first-order valence-corrected chi connectivity index (χ1v) is 20.9. The molecule has 332 valence electrons. The summed E-state index contributed by atoms with van der Waals surface area (Å²) in [5, 5.41) is 5.34. The van der Waals surface area contributed by atoms with Gasteiger partial charge in [0.2, 0.25) is 11.8 Å². The lowest BCUT2D eigenvalue weighted by molar-refractivity contribution is -0.136. The van der Waals surface area contributed by atoms with Gasteiger partial charge in [-0.25, -0.2) is 4.98 Å². The molecule has 5 amide bonds. The normalized spacial score (nSPS) is 19.3. The van der Waals surface area contributed by atoms with E-state index in [0.29, 0.717) is 116 Å². The van der Waals surface area contributed by atoms with Crippen molar-refractivity contribution in [1.82, 2.24) is 25.1 Å². The van der Waals surface area contributed by atoms with Crippen LogP contribution in [0.25, 0.3) is 11.0 Å². The summed E-state index contributed by atoms with van der Waals surface area (Å²) in [6, 6.07) is 9.32. The molecule has 3 aliphatic rings. The van der Waals surface area contributed by atoms with Crippen molar-refractivity contribution in [2.45, 2.75) is 44.2 Å². The van der Waals surface area contributed by atoms with E-state index in [-0.39, 0.29) is 29.5 Å². The molecule has 0 spiro atoms. The van der Waals surface area contributed by atoms with Crippen LogP contribution in [0.1, 0.15) is 69.5 Å². The standard InChI is InChI=1S/C42H57N7O12/c1-42(41-45-32-8-3-6-30(37(43)51)36(32)47-41)11-4-13-48(42)14-16-56-18-20-58-22-24-60-26-28-61-27-25-59-23-21-57-19-17-55-15-12-44-31-7-2-5-29-35(31)40(54)49(39(29)53)33-9-10-34(50)46-38(33)52/h2-3,5-8,33,44H,4,9-28H2,1H3,(H2,43,51)(H,45,47)(H,46,50,52). The number of hydrogen-bond donors (Lipinski definition) is 4. The van der Waals surface area contributed by atoms with Crippen LogP contribution in [0.5, 0.6) is 0 Å². The summed E-state index contributed by atoms with van der Waals surface area (Å²) in [5.41, 5.74) is 8.01. The van der Waals surface area contributed by atoms with Crippen LogP contribution in [0.2, 0.25) is 0 Å². The lowest BCUT2D eigenvalue weighted by atomic mass is 9.98. The topological polar surface area (TPSA) is 235 Å².